The highest BCUT2D eigenvalue weighted by Gasteiger charge is 2.46. The van der Waals surface area contributed by atoms with E-state index in [1.807, 2.05) is 24.3 Å². The van der Waals surface area contributed by atoms with Gasteiger partial charge in [-0.15, -0.1) is 0 Å². The number of benzene rings is 1. The lowest BCUT2D eigenvalue weighted by Gasteiger charge is -2.08. The molecule has 3 heteroatoms. The minimum Gasteiger partial charge on any atom is -0.493 e. The molecule has 1 saturated carbocycles. The quantitative estimate of drug-likeness (QED) is 0.735. The van der Waals surface area contributed by atoms with Gasteiger partial charge in [0.15, 0.2) is 17.3 Å². The van der Waals surface area contributed by atoms with Gasteiger partial charge in [0.1, 0.15) is 0 Å². The summed E-state index contributed by atoms with van der Waals surface area (Å²) in [5.74, 6) is 1.61. The van der Waals surface area contributed by atoms with Crippen LogP contribution in [0, 0.1) is 5.41 Å². The van der Waals surface area contributed by atoms with Crippen molar-refractivity contribution >= 4 is 11.9 Å². The molecule has 0 unspecified atom stereocenters. The van der Waals surface area contributed by atoms with Crippen LogP contribution in [0.2, 0.25) is 0 Å². The van der Waals surface area contributed by atoms with Gasteiger partial charge in [-0.1, -0.05) is 19.1 Å². The molecule has 0 atom stereocenters. The van der Waals surface area contributed by atoms with E-state index in [0.717, 1.165) is 24.8 Å². The molecule has 102 valence electrons. The molecule has 0 heterocycles. The second-order valence-electron chi connectivity index (χ2n) is 4.95. The van der Waals surface area contributed by atoms with Crippen LogP contribution >= 0.6 is 0 Å². The number of ether oxygens (including phenoxy) is 2. The van der Waals surface area contributed by atoms with Gasteiger partial charge >= 0.3 is 0 Å². The predicted molar refractivity (Wildman–Crippen MR) is 75.5 cm³/mol. The molecule has 3 nitrogen and oxygen atoms in total. The highest BCUT2D eigenvalue weighted by atomic mass is 16.5. The summed E-state index contributed by atoms with van der Waals surface area (Å²) in [6, 6.07) is 5.63. The molecule has 0 amide bonds. The van der Waals surface area contributed by atoms with Crippen LogP contribution in [0.15, 0.2) is 24.3 Å². The third-order valence-electron chi connectivity index (χ3n) is 3.89. The Labute approximate surface area is 114 Å². The van der Waals surface area contributed by atoms with Crippen molar-refractivity contribution in [1.82, 2.24) is 0 Å². The number of allylic oxidation sites excluding steroid dienone is 1. The maximum absolute atomic E-state index is 12.1. The molecule has 1 aromatic carbocycles. The van der Waals surface area contributed by atoms with E-state index in [9.17, 15) is 4.79 Å². The fourth-order valence-electron chi connectivity index (χ4n) is 2.23. The first-order chi connectivity index (χ1) is 9.15. The topological polar surface area (TPSA) is 35.5 Å². The van der Waals surface area contributed by atoms with Gasteiger partial charge in [-0.2, -0.15) is 0 Å². The third kappa shape index (κ3) is 2.80. The lowest BCUT2D eigenvalue weighted by molar-refractivity contribution is -0.119. The van der Waals surface area contributed by atoms with E-state index in [4.69, 9.17) is 9.47 Å². The Bertz CT molecular complexity index is 499. The highest BCUT2D eigenvalue weighted by molar-refractivity contribution is 5.99. The summed E-state index contributed by atoms with van der Waals surface area (Å²) < 4.78 is 10.4. The van der Waals surface area contributed by atoms with Crippen molar-refractivity contribution in [2.45, 2.75) is 26.2 Å². The van der Waals surface area contributed by atoms with E-state index in [2.05, 4.69) is 6.92 Å². The lowest BCUT2D eigenvalue weighted by atomic mass is 9.97. The largest absolute Gasteiger partial charge is 0.493 e. The van der Waals surface area contributed by atoms with Crippen LogP contribution in [0.25, 0.3) is 6.08 Å². The van der Waals surface area contributed by atoms with Crippen molar-refractivity contribution < 1.29 is 14.3 Å². The molecule has 0 N–H and O–H groups in total. The molecule has 0 aliphatic heterocycles. The fraction of sp³-hybridized carbons (Fsp3) is 0.438. The molecule has 0 bridgehead atoms. The van der Waals surface area contributed by atoms with Crippen molar-refractivity contribution in [3.63, 3.8) is 0 Å². The first-order valence-corrected chi connectivity index (χ1v) is 6.60. The number of carbonyl (C=O) groups is 1. The summed E-state index contributed by atoms with van der Waals surface area (Å²) >= 11 is 0. The van der Waals surface area contributed by atoms with Crippen LogP contribution in [0.5, 0.6) is 11.5 Å². The number of methoxy groups -OCH3 is 2. The summed E-state index contributed by atoms with van der Waals surface area (Å²) in [7, 11) is 3.21. The van der Waals surface area contributed by atoms with Crippen molar-refractivity contribution in [2.75, 3.05) is 14.2 Å². The van der Waals surface area contributed by atoms with Crippen LogP contribution in [0.3, 0.4) is 0 Å². The standard InChI is InChI=1S/C16H20O3/c1-4-16(9-10-16)15(17)8-6-12-5-7-13(18-2)14(11-12)19-3/h5-8,11H,4,9-10H2,1-3H3. The van der Waals surface area contributed by atoms with Crippen molar-refractivity contribution in [2.24, 2.45) is 5.41 Å². The fourth-order valence-corrected chi connectivity index (χ4v) is 2.23. The van der Waals surface area contributed by atoms with E-state index in [-0.39, 0.29) is 11.2 Å². The average molecular weight is 260 g/mol. The number of rotatable bonds is 6. The number of ketones is 1. The van der Waals surface area contributed by atoms with Crippen molar-refractivity contribution in [1.29, 1.82) is 0 Å². The first-order valence-electron chi connectivity index (χ1n) is 6.60. The van der Waals surface area contributed by atoms with Gasteiger partial charge in [0.25, 0.3) is 0 Å². The predicted octanol–water partition coefficient (Wildman–Crippen LogP) is 3.48. The number of hydrogen-bond acceptors (Lipinski definition) is 3. The van der Waals surface area contributed by atoms with Crippen molar-refractivity contribution in [3.8, 4) is 11.5 Å². The maximum atomic E-state index is 12.1. The summed E-state index contributed by atoms with van der Waals surface area (Å²) in [6.45, 7) is 2.08. The molecule has 19 heavy (non-hydrogen) atoms. The highest BCUT2D eigenvalue weighted by Crippen LogP contribution is 2.49. The average Bonchev–Trinajstić information content (AvgIpc) is 3.25. The molecular weight excluding hydrogens is 240 g/mol. The van der Waals surface area contributed by atoms with Gasteiger partial charge in [0.2, 0.25) is 0 Å². The van der Waals surface area contributed by atoms with E-state index in [1.165, 1.54) is 0 Å². The number of carbonyl (C=O) groups excluding carboxylic acids is 1. The molecule has 1 aliphatic rings. The van der Waals surface area contributed by atoms with Gasteiger partial charge < -0.3 is 9.47 Å². The van der Waals surface area contributed by atoms with Crippen LogP contribution in [-0.2, 0) is 4.79 Å². The first kappa shape index (κ1) is 13.7. The maximum Gasteiger partial charge on any atom is 0.161 e. The Hall–Kier alpha value is -1.77. The zero-order valence-electron chi connectivity index (χ0n) is 11.7. The Morgan fingerprint density at radius 3 is 2.47 bits per heavy atom. The molecule has 0 radical (unpaired) electrons. The van der Waals surface area contributed by atoms with E-state index in [1.54, 1.807) is 20.3 Å². The van der Waals surface area contributed by atoms with Crippen molar-refractivity contribution in [3.05, 3.63) is 29.8 Å². The van der Waals surface area contributed by atoms with Gasteiger partial charge in [-0.3, -0.25) is 4.79 Å². The van der Waals surface area contributed by atoms with Gasteiger partial charge in [0, 0.05) is 5.41 Å². The third-order valence-corrected chi connectivity index (χ3v) is 3.89. The molecule has 2 rings (SSSR count). The second-order valence-corrected chi connectivity index (χ2v) is 4.95. The molecule has 1 fully saturated rings. The van der Waals surface area contributed by atoms with E-state index < -0.39 is 0 Å². The SMILES string of the molecule is CCC1(C(=O)C=Cc2ccc(OC)c(OC)c2)CC1. The van der Waals surface area contributed by atoms with E-state index >= 15 is 0 Å². The summed E-state index contributed by atoms with van der Waals surface area (Å²) in [5, 5.41) is 0. The summed E-state index contributed by atoms with van der Waals surface area (Å²) in [6.07, 6.45) is 6.52. The van der Waals surface area contributed by atoms with E-state index in [0.29, 0.717) is 11.5 Å². The zero-order valence-corrected chi connectivity index (χ0v) is 11.7. The van der Waals surface area contributed by atoms with Gasteiger partial charge in [0.05, 0.1) is 14.2 Å². The Kier molecular flexibility index (Phi) is 3.93. The van der Waals surface area contributed by atoms with Crippen LogP contribution in [0.1, 0.15) is 31.7 Å². The summed E-state index contributed by atoms with van der Waals surface area (Å²) in [4.78, 5) is 12.1. The molecular formula is C16H20O3. The van der Waals surface area contributed by atoms with Crippen LogP contribution < -0.4 is 9.47 Å². The molecule has 1 aliphatic carbocycles. The lowest BCUT2D eigenvalue weighted by Crippen LogP contribution is -2.11. The minimum absolute atomic E-state index is 0.0624. The second kappa shape index (κ2) is 5.47. The summed E-state index contributed by atoms with van der Waals surface area (Å²) in [5.41, 5.74) is 0.880. The number of hydrogen-bond donors (Lipinski definition) is 0. The smallest absolute Gasteiger partial charge is 0.161 e. The Morgan fingerprint density at radius 1 is 1.26 bits per heavy atom. The normalized spacial score (nSPS) is 16.4. The van der Waals surface area contributed by atoms with Crippen LogP contribution in [-0.4, -0.2) is 20.0 Å². The molecule has 0 aromatic heterocycles. The van der Waals surface area contributed by atoms with Gasteiger partial charge in [-0.05, 0) is 43.0 Å². The molecule has 0 spiro atoms. The Morgan fingerprint density at radius 2 is 1.95 bits per heavy atom. The zero-order chi connectivity index (χ0) is 13.9. The Balaban J connectivity index is 2.13. The monoisotopic (exact) mass is 260 g/mol. The minimum atomic E-state index is -0.0624. The molecule has 0 saturated heterocycles. The van der Waals surface area contributed by atoms with Gasteiger partial charge in [-0.25, -0.2) is 0 Å². The molecule has 1 aromatic rings. The van der Waals surface area contributed by atoms with Crippen LogP contribution in [0.4, 0.5) is 0 Å².